The summed E-state index contributed by atoms with van der Waals surface area (Å²) in [5, 5.41) is 8.55. The van der Waals surface area contributed by atoms with Gasteiger partial charge in [0.2, 0.25) is 0 Å². The number of hydrogen-bond donors (Lipinski definition) is 1. The van der Waals surface area contributed by atoms with Gasteiger partial charge in [-0.2, -0.15) is 0 Å². The summed E-state index contributed by atoms with van der Waals surface area (Å²) in [5.74, 6) is -2.89. The lowest BCUT2D eigenvalue weighted by Gasteiger charge is -2.11. The normalized spacial score (nSPS) is 11.8. The molecule has 0 radical (unpaired) electrons. The van der Waals surface area contributed by atoms with Crippen molar-refractivity contribution < 1.29 is 19.5 Å². The molecule has 4 nitrogen and oxygen atoms in total. The van der Waals surface area contributed by atoms with Crippen molar-refractivity contribution >= 4 is 17.5 Å². The molecule has 0 aromatic heterocycles. The smallest absolute Gasteiger partial charge is 0.310 e. The third-order valence-electron chi connectivity index (χ3n) is 2.50. The van der Waals surface area contributed by atoms with Gasteiger partial charge in [0, 0.05) is 5.56 Å². The molecule has 1 rings (SSSR count). The van der Waals surface area contributed by atoms with Crippen molar-refractivity contribution in [3.05, 3.63) is 35.9 Å². The van der Waals surface area contributed by atoms with Gasteiger partial charge in [-0.05, 0) is 6.42 Å². The summed E-state index contributed by atoms with van der Waals surface area (Å²) in [6.45, 7) is 1.70. The Bertz CT molecular complexity index is 422. The Morgan fingerprint density at radius 2 is 1.76 bits per heavy atom. The lowest BCUT2D eigenvalue weighted by atomic mass is 9.90. The van der Waals surface area contributed by atoms with Crippen molar-refractivity contribution in [1.29, 1.82) is 0 Å². The van der Waals surface area contributed by atoms with Gasteiger partial charge in [-0.3, -0.25) is 14.4 Å². The second-order valence-corrected chi connectivity index (χ2v) is 3.73. The first-order chi connectivity index (χ1) is 8.06. The van der Waals surface area contributed by atoms with E-state index in [9.17, 15) is 14.4 Å². The molecule has 0 heterocycles. The molecule has 0 aliphatic rings. The maximum atomic E-state index is 12.0. The molecule has 0 amide bonds. The number of Topliss-reactive ketones (excluding diaryl/α,β-unsaturated/α-hetero) is 2. The monoisotopic (exact) mass is 234 g/mol. The third kappa shape index (κ3) is 3.52. The number of hydrogen-bond acceptors (Lipinski definition) is 3. The zero-order chi connectivity index (χ0) is 12.8. The van der Waals surface area contributed by atoms with Gasteiger partial charge in [0.25, 0.3) is 0 Å². The van der Waals surface area contributed by atoms with Gasteiger partial charge in [0.05, 0.1) is 5.92 Å². The maximum absolute atomic E-state index is 12.0. The number of carbonyl (C=O) groups is 3. The molecular formula is C13H14O4. The van der Waals surface area contributed by atoms with Crippen LogP contribution in [0.4, 0.5) is 0 Å². The van der Waals surface area contributed by atoms with E-state index in [-0.39, 0.29) is 5.78 Å². The van der Waals surface area contributed by atoms with Crippen molar-refractivity contribution in [2.45, 2.75) is 19.8 Å². The van der Waals surface area contributed by atoms with E-state index in [1.807, 2.05) is 0 Å². The van der Waals surface area contributed by atoms with Crippen LogP contribution in [-0.2, 0) is 9.59 Å². The van der Waals surface area contributed by atoms with E-state index in [2.05, 4.69) is 0 Å². The van der Waals surface area contributed by atoms with Crippen LogP contribution >= 0.6 is 0 Å². The van der Waals surface area contributed by atoms with Gasteiger partial charge >= 0.3 is 5.97 Å². The van der Waals surface area contributed by atoms with Crippen LogP contribution in [0.25, 0.3) is 0 Å². The molecule has 0 saturated heterocycles. The Labute approximate surface area is 99.3 Å². The molecule has 1 aromatic carbocycles. The zero-order valence-corrected chi connectivity index (χ0v) is 9.55. The van der Waals surface area contributed by atoms with Gasteiger partial charge in [-0.1, -0.05) is 37.3 Å². The quantitative estimate of drug-likeness (QED) is 0.603. The molecule has 0 aliphatic carbocycles. The summed E-state index contributed by atoms with van der Waals surface area (Å²) in [6, 6.07) is 8.44. The largest absolute Gasteiger partial charge is 0.481 e. The van der Waals surface area contributed by atoms with E-state index in [0.29, 0.717) is 12.0 Å². The summed E-state index contributed by atoms with van der Waals surface area (Å²) in [4.78, 5) is 34.0. The molecule has 4 heteroatoms. The summed E-state index contributed by atoms with van der Waals surface area (Å²) in [5.41, 5.74) is 0.443. The molecule has 0 fully saturated rings. The number of ketones is 2. The number of carboxylic acids is 1. The van der Waals surface area contributed by atoms with Crippen LogP contribution in [0, 0.1) is 5.92 Å². The fraction of sp³-hybridized carbons (Fsp3) is 0.308. The maximum Gasteiger partial charge on any atom is 0.310 e. The van der Waals surface area contributed by atoms with Crippen molar-refractivity contribution in [3.8, 4) is 0 Å². The van der Waals surface area contributed by atoms with Crippen LogP contribution in [-0.4, -0.2) is 22.6 Å². The minimum atomic E-state index is -1.20. The van der Waals surface area contributed by atoms with Crippen molar-refractivity contribution in [2.75, 3.05) is 0 Å². The van der Waals surface area contributed by atoms with Gasteiger partial charge in [0.1, 0.15) is 6.42 Å². The fourth-order valence-corrected chi connectivity index (χ4v) is 1.64. The Kier molecular flexibility index (Phi) is 4.57. The van der Waals surface area contributed by atoms with Gasteiger partial charge in [0.15, 0.2) is 11.6 Å². The zero-order valence-electron chi connectivity index (χ0n) is 9.55. The molecular weight excluding hydrogens is 220 g/mol. The molecule has 90 valence electrons. The minimum absolute atomic E-state index is 0.306. The van der Waals surface area contributed by atoms with Crippen LogP contribution in [0.2, 0.25) is 0 Å². The molecule has 1 N–H and O–H groups in total. The van der Waals surface area contributed by atoms with E-state index >= 15 is 0 Å². The average Bonchev–Trinajstić information content (AvgIpc) is 2.30. The average molecular weight is 234 g/mol. The second kappa shape index (κ2) is 5.94. The van der Waals surface area contributed by atoms with E-state index < -0.39 is 24.1 Å². The number of aliphatic carboxylic acids is 1. The number of carbonyl (C=O) groups excluding carboxylic acids is 2. The first kappa shape index (κ1) is 13.1. The van der Waals surface area contributed by atoms with Crippen molar-refractivity contribution in [3.63, 3.8) is 0 Å². The Morgan fingerprint density at radius 3 is 2.24 bits per heavy atom. The Balaban J connectivity index is 2.85. The predicted molar refractivity (Wildman–Crippen MR) is 61.8 cm³/mol. The lowest BCUT2D eigenvalue weighted by molar-refractivity contribution is -0.140. The van der Waals surface area contributed by atoms with Crippen LogP contribution in [0.3, 0.4) is 0 Å². The Morgan fingerprint density at radius 1 is 1.18 bits per heavy atom. The van der Waals surface area contributed by atoms with Gasteiger partial charge in [-0.15, -0.1) is 0 Å². The van der Waals surface area contributed by atoms with Crippen molar-refractivity contribution in [1.82, 2.24) is 0 Å². The predicted octanol–water partition coefficient (Wildman–Crippen LogP) is 1.94. The van der Waals surface area contributed by atoms with Crippen LogP contribution in [0.1, 0.15) is 30.1 Å². The second-order valence-electron chi connectivity index (χ2n) is 3.73. The van der Waals surface area contributed by atoms with E-state index in [0.717, 1.165) is 0 Å². The third-order valence-corrected chi connectivity index (χ3v) is 2.50. The molecule has 0 aliphatic heterocycles. The van der Waals surface area contributed by atoms with E-state index in [1.54, 1.807) is 37.3 Å². The van der Waals surface area contributed by atoms with Gasteiger partial charge in [-0.25, -0.2) is 0 Å². The van der Waals surface area contributed by atoms with Crippen molar-refractivity contribution in [2.24, 2.45) is 5.92 Å². The molecule has 1 atom stereocenters. The Hall–Kier alpha value is -1.97. The highest BCUT2D eigenvalue weighted by Crippen LogP contribution is 2.15. The number of rotatable bonds is 6. The van der Waals surface area contributed by atoms with Gasteiger partial charge < -0.3 is 5.11 Å². The molecule has 1 unspecified atom stereocenters. The molecule has 17 heavy (non-hydrogen) atoms. The summed E-state index contributed by atoms with van der Waals surface area (Å²) < 4.78 is 0. The number of carboxylic acid groups (broad SMARTS) is 1. The fourth-order valence-electron chi connectivity index (χ4n) is 1.64. The van der Waals surface area contributed by atoms with Crippen LogP contribution in [0.5, 0.6) is 0 Å². The summed E-state index contributed by atoms with van der Waals surface area (Å²) in [6.07, 6.45) is -0.281. The summed E-state index contributed by atoms with van der Waals surface area (Å²) in [7, 11) is 0. The van der Waals surface area contributed by atoms with Crippen LogP contribution in [0.15, 0.2) is 30.3 Å². The van der Waals surface area contributed by atoms with E-state index in [1.165, 1.54) is 0 Å². The highest BCUT2D eigenvalue weighted by Gasteiger charge is 2.26. The molecule has 0 spiro atoms. The highest BCUT2D eigenvalue weighted by atomic mass is 16.4. The van der Waals surface area contributed by atoms with Crippen LogP contribution < -0.4 is 0 Å². The topological polar surface area (TPSA) is 71.4 Å². The standard InChI is InChI=1S/C13H14O4/c1-2-10(11(14)8-12(15)16)13(17)9-6-4-3-5-7-9/h3-7,10H,2,8H2,1H3,(H,15,16). The molecule has 0 bridgehead atoms. The number of benzene rings is 1. The highest BCUT2D eigenvalue weighted by molar-refractivity contribution is 6.13. The van der Waals surface area contributed by atoms with E-state index in [4.69, 9.17) is 5.11 Å². The first-order valence-electron chi connectivity index (χ1n) is 5.40. The first-order valence-corrected chi connectivity index (χ1v) is 5.40. The minimum Gasteiger partial charge on any atom is -0.481 e. The molecule has 1 aromatic rings. The SMILES string of the molecule is CCC(C(=O)CC(=O)O)C(=O)c1ccccc1. The summed E-state index contributed by atoms with van der Waals surface area (Å²) >= 11 is 0. The molecule has 0 saturated carbocycles. The lowest BCUT2D eigenvalue weighted by Crippen LogP contribution is -2.25.